The number of hydrogen-bond donors (Lipinski definition) is 3. The molecule has 0 aromatic heterocycles. The van der Waals surface area contributed by atoms with E-state index in [4.69, 9.17) is 0 Å². The van der Waals surface area contributed by atoms with E-state index in [1.54, 1.807) is 0 Å². The van der Waals surface area contributed by atoms with Crippen LogP contribution in [-0.2, 0) is 9.59 Å². The van der Waals surface area contributed by atoms with Gasteiger partial charge in [0.1, 0.15) is 6.04 Å². The fraction of sp³-hybridized carbons (Fsp3) is 0.905. The predicted molar refractivity (Wildman–Crippen MR) is 101 cm³/mol. The summed E-state index contributed by atoms with van der Waals surface area (Å²) < 4.78 is 0. The van der Waals surface area contributed by atoms with Crippen LogP contribution in [0.25, 0.3) is 0 Å². The van der Waals surface area contributed by atoms with E-state index in [0.717, 1.165) is 62.9 Å². The molecule has 26 heavy (non-hydrogen) atoms. The van der Waals surface area contributed by atoms with Crippen molar-refractivity contribution in [2.75, 3.05) is 13.1 Å². The van der Waals surface area contributed by atoms with E-state index in [-0.39, 0.29) is 29.2 Å². The first-order valence-electron chi connectivity index (χ1n) is 10.8. The van der Waals surface area contributed by atoms with Crippen molar-refractivity contribution >= 4 is 11.8 Å². The zero-order valence-electron chi connectivity index (χ0n) is 16.4. The topological polar surface area (TPSA) is 70.2 Å². The van der Waals surface area contributed by atoms with E-state index in [0.29, 0.717) is 0 Å². The first kappa shape index (κ1) is 18.3. The van der Waals surface area contributed by atoms with Gasteiger partial charge in [0.15, 0.2) is 0 Å². The number of amides is 2. The Morgan fingerprint density at radius 3 is 2.00 bits per heavy atom. The second-order valence-electron chi connectivity index (χ2n) is 9.93. The molecule has 1 saturated heterocycles. The van der Waals surface area contributed by atoms with Gasteiger partial charge in [-0.2, -0.15) is 0 Å². The Balaban J connectivity index is 1.41. The minimum Gasteiger partial charge on any atom is -0.351 e. The second-order valence-corrected chi connectivity index (χ2v) is 9.93. The van der Waals surface area contributed by atoms with Gasteiger partial charge in [-0.15, -0.1) is 0 Å². The van der Waals surface area contributed by atoms with Crippen LogP contribution in [0.1, 0.15) is 65.2 Å². The molecule has 5 nitrogen and oxygen atoms in total. The highest BCUT2D eigenvalue weighted by molar-refractivity contribution is 5.90. The average Bonchev–Trinajstić information content (AvgIpc) is 2.58. The van der Waals surface area contributed by atoms with Crippen molar-refractivity contribution in [1.29, 1.82) is 0 Å². The van der Waals surface area contributed by atoms with Gasteiger partial charge < -0.3 is 16.0 Å². The highest BCUT2D eigenvalue weighted by Gasteiger charge is 2.55. The largest absolute Gasteiger partial charge is 0.351 e. The Labute approximate surface area is 157 Å². The average molecular weight is 362 g/mol. The molecule has 5 fully saturated rings. The monoisotopic (exact) mass is 361 g/mol. The lowest BCUT2D eigenvalue weighted by molar-refractivity contribution is -0.149. The third kappa shape index (κ3) is 3.51. The van der Waals surface area contributed by atoms with Gasteiger partial charge in [-0.1, -0.05) is 13.8 Å². The molecule has 5 rings (SSSR count). The SMILES string of the molecule is CC(C)C(NC(=O)C12CC3CC(CC(C3)C1)C2)C(=O)NC1CCNCC1. The molecule has 0 aromatic carbocycles. The minimum atomic E-state index is -0.412. The summed E-state index contributed by atoms with van der Waals surface area (Å²) in [7, 11) is 0. The number of rotatable bonds is 5. The maximum atomic E-state index is 13.3. The van der Waals surface area contributed by atoms with Crippen LogP contribution in [0.3, 0.4) is 0 Å². The first-order valence-corrected chi connectivity index (χ1v) is 10.8. The molecule has 0 aromatic rings. The smallest absolute Gasteiger partial charge is 0.243 e. The first-order chi connectivity index (χ1) is 12.4. The standard InChI is InChI=1S/C21H35N3O2/c1-13(2)18(19(25)23-17-3-5-22-6-4-17)24-20(26)21-10-14-7-15(11-21)9-16(8-14)12-21/h13-18,22H,3-12H2,1-2H3,(H,23,25)(H,24,26). The lowest BCUT2D eigenvalue weighted by atomic mass is 9.49. The fourth-order valence-corrected chi connectivity index (χ4v) is 6.48. The van der Waals surface area contributed by atoms with Crippen molar-refractivity contribution in [3.8, 4) is 0 Å². The van der Waals surface area contributed by atoms with Crippen LogP contribution in [0, 0.1) is 29.1 Å². The van der Waals surface area contributed by atoms with E-state index < -0.39 is 6.04 Å². The fourth-order valence-electron chi connectivity index (χ4n) is 6.48. The summed E-state index contributed by atoms with van der Waals surface area (Å²) in [6.07, 6.45) is 9.07. The van der Waals surface area contributed by atoms with Gasteiger partial charge in [0, 0.05) is 11.5 Å². The van der Waals surface area contributed by atoms with Gasteiger partial charge >= 0.3 is 0 Å². The summed E-state index contributed by atoms with van der Waals surface area (Å²) in [6.45, 7) is 5.98. The molecule has 4 saturated carbocycles. The van der Waals surface area contributed by atoms with E-state index in [1.165, 1.54) is 19.3 Å². The van der Waals surface area contributed by atoms with Crippen molar-refractivity contribution in [2.45, 2.75) is 77.3 Å². The van der Waals surface area contributed by atoms with Gasteiger partial charge in [-0.05, 0) is 88.1 Å². The Morgan fingerprint density at radius 2 is 1.50 bits per heavy atom. The molecule has 1 unspecified atom stereocenters. The van der Waals surface area contributed by atoms with Gasteiger partial charge in [-0.3, -0.25) is 9.59 Å². The number of nitrogens with one attached hydrogen (secondary N) is 3. The normalized spacial score (nSPS) is 37.6. The molecule has 1 heterocycles. The Bertz CT molecular complexity index is 518. The van der Waals surface area contributed by atoms with E-state index in [9.17, 15) is 9.59 Å². The van der Waals surface area contributed by atoms with Gasteiger partial charge in [0.25, 0.3) is 0 Å². The maximum Gasteiger partial charge on any atom is 0.243 e. The zero-order chi connectivity index (χ0) is 18.3. The van der Waals surface area contributed by atoms with Crippen LogP contribution >= 0.6 is 0 Å². The van der Waals surface area contributed by atoms with E-state index >= 15 is 0 Å². The lowest BCUT2D eigenvalue weighted by Crippen LogP contribution is -2.59. The van der Waals surface area contributed by atoms with E-state index in [1.807, 2.05) is 13.8 Å². The molecule has 4 aliphatic carbocycles. The third-order valence-electron chi connectivity index (χ3n) is 7.44. The zero-order valence-corrected chi connectivity index (χ0v) is 16.4. The number of carbonyl (C=O) groups excluding carboxylic acids is 2. The predicted octanol–water partition coefficient (Wildman–Crippen LogP) is 2.21. The van der Waals surface area contributed by atoms with Crippen molar-refractivity contribution in [3.63, 3.8) is 0 Å². The van der Waals surface area contributed by atoms with Gasteiger partial charge in [0.05, 0.1) is 0 Å². The van der Waals surface area contributed by atoms with Crippen molar-refractivity contribution < 1.29 is 9.59 Å². The molecular formula is C21H35N3O2. The van der Waals surface area contributed by atoms with Crippen LogP contribution < -0.4 is 16.0 Å². The van der Waals surface area contributed by atoms with Crippen LogP contribution in [0.15, 0.2) is 0 Å². The van der Waals surface area contributed by atoms with Crippen molar-refractivity contribution in [1.82, 2.24) is 16.0 Å². The lowest BCUT2D eigenvalue weighted by Gasteiger charge is -2.55. The maximum absolute atomic E-state index is 13.3. The number of piperidine rings is 1. The molecular weight excluding hydrogens is 326 g/mol. The Hall–Kier alpha value is -1.10. The second kappa shape index (κ2) is 7.14. The number of hydrogen-bond acceptors (Lipinski definition) is 3. The summed E-state index contributed by atoms with van der Waals surface area (Å²) >= 11 is 0. The summed E-state index contributed by atoms with van der Waals surface area (Å²) in [6, 6.07) is -0.174. The van der Waals surface area contributed by atoms with Crippen LogP contribution in [0.5, 0.6) is 0 Å². The van der Waals surface area contributed by atoms with Crippen LogP contribution in [-0.4, -0.2) is 37.0 Å². The summed E-state index contributed by atoms with van der Waals surface area (Å²) in [5.74, 6) is 2.50. The molecule has 0 spiro atoms. The van der Waals surface area contributed by atoms with Gasteiger partial charge in [0.2, 0.25) is 11.8 Å². The molecule has 5 heteroatoms. The molecule has 0 radical (unpaired) electrons. The third-order valence-corrected chi connectivity index (χ3v) is 7.44. The molecule has 4 bridgehead atoms. The molecule has 1 aliphatic heterocycles. The summed E-state index contributed by atoms with van der Waals surface area (Å²) in [5.41, 5.74) is -0.184. The molecule has 3 N–H and O–H groups in total. The van der Waals surface area contributed by atoms with E-state index in [2.05, 4.69) is 16.0 Å². The quantitative estimate of drug-likeness (QED) is 0.703. The highest BCUT2D eigenvalue weighted by atomic mass is 16.2. The minimum absolute atomic E-state index is 0.00461. The summed E-state index contributed by atoms with van der Waals surface area (Å²) in [4.78, 5) is 26.2. The summed E-state index contributed by atoms with van der Waals surface area (Å²) in [5, 5.41) is 9.71. The number of carbonyl (C=O) groups is 2. The molecule has 146 valence electrons. The van der Waals surface area contributed by atoms with Gasteiger partial charge in [-0.25, -0.2) is 0 Å². The molecule has 1 atom stereocenters. The highest BCUT2D eigenvalue weighted by Crippen LogP contribution is 2.60. The van der Waals surface area contributed by atoms with Crippen LogP contribution in [0.4, 0.5) is 0 Å². The Kier molecular flexibility index (Phi) is 5.02. The molecule has 2 amide bonds. The molecule has 5 aliphatic rings. The van der Waals surface area contributed by atoms with Crippen molar-refractivity contribution in [2.24, 2.45) is 29.1 Å². The van der Waals surface area contributed by atoms with Crippen LogP contribution in [0.2, 0.25) is 0 Å². The van der Waals surface area contributed by atoms with Crippen molar-refractivity contribution in [3.05, 3.63) is 0 Å². The Morgan fingerprint density at radius 1 is 0.962 bits per heavy atom.